The monoisotopic (exact) mass is 558 g/mol. The predicted octanol–water partition coefficient (Wildman–Crippen LogP) is 7.08. The molecule has 5 rings (SSSR count). The molecule has 3 aromatic carbocycles. The summed E-state index contributed by atoms with van der Waals surface area (Å²) in [5.41, 5.74) is 2.04. The van der Waals surface area contributed by atoms with Crippen LogP contribution in [0.4, 0.5) is 11.4 Å². The molecule has 1 heterocycles. The largest absolute Gasteiger partial charge is 0.478 e. The molecule has 0 bridgehead atoms. The zero-order valence-corrected chi connectivity index (χ0v) is 22.7. The molecular formula is C28H28Cl2N2O4S. The first kappa shape index (κ1) is 26.0. The number of benzene rings is 3. The SMILES string of the molecule is CN1[C@H](C2CCCCC2)CN(c2ccccc2)c2cc(Cl)c(-c3cccc(C(=O)O)c3Cl)cc2S1(=O)=O. The lowest BCUT2D eigenvalue weighted by molar-refractivity contribution is 0.0697. The Labute approximate surface area is 227 Å². The third kappa shape index (κ3) is 4.74. The van der Waals surface area contributed by atoms with E-state index in [1.54, 1.807) is 25.2 Å². The second kappa shape index (κ2) is 10.3. The van der Waals surface area contributed by atoms with Gasteiger partial charge in [0.15, 0.2) is 0 Å². The number of likely N-dealkylation sites (N-methyl/N-ethyl adjacent to an activating group) is 1. The van der Waals surface area contributed by atoms with Crippen LogP contribution in [0.2, 0.25) is 10.0 Å². The zero-order valence-electron chi connectivity index (χ0n) is 20.4. The fraction of sp³-hybridized carbons (Fsp3) is 0.321. The Kier molecular flexibility index (Phi) is 7.24. The minimum atomic E-state index is -3.91. The summed E-state index contributed by atoms with van der Waals surface area (Å²) in [5.74, 6) is -0.915. The Bertz CT molecular complexity index is 1440. The molecule has 6 nitrogen and oxygen atoms in total. The Hall–Kier alpha value is -2.58. The molecule has 0 spiro atoms. The number of carboxylic acid groups (broad SMARTS) is 1. The highest BCUT2D eigenvalue weighted by Crippen LogP contribution is 2.45. The number of rotatable bonds is 4. The van der Waals surface area contributed by atoms with E-state index in [0.29, 0.717) is 23.4 Å². The first-order chi connectivity index (χ1) is 17.7. The number of fused-ring (bicyclic) bond motifs is 1. The number of nitrogens with zero attached hydrogens (tertiary/aromatic N) is 2. The van der Waals surface area contributed by atoms with E-state index in [1.165, 1.54) is 22.9 Å². The third-order valence-electron chi connectivity index (χ3n) is 7.61. The minimum absolute atomic E-state index is 0.0104. The summed E-state index contributed by atoms with van der Waals surface area (Å²) in [5, 5.41) is 9.84. The molecule has 9 heteroatoms. The van der Waals surface area contributed by atoms with Crippen LogP contribution in [-0.4, -0.2) is 43.4 Å². The molecular weight excluding hydrogens is 531 g/mol. The predicted molar refractivity (Wildman–Crippen MR) is 148 cm³/mol. The Morgan fingerprint density at radius 1 is 0.946 bits per heavy atom. The molecule has 1 atom stereocenters. The smallest absolute Gasteiger partial charge is 0.337 e. The van der Waals surface area contributed by atoms with E-state index in [1.807, 2.05) is 35.2 Å². The molecule has 0 unspecified atom stereocenters. The summed E-state index contributed by atoms with van der Waals surface area (Å²) in [6.45, 7) is 0.502. The van der Waals surface area contributed by atoms with Crippen LogP contribution < -0.4 is 4.90 Å². The van der Waals surface area contributed by atoms with Gasteiger partial charge in [-0.3, -0.25) is 0 Å². The number of sulfonamides is 1. The maximum atomic E-state index is 14.1. The summed E-state index contributed by atoms with van der Waals surface area (Å²) >= 11 is 13.2. The van der Waals surface area contributed by atoms with E-state index < -0.39 is 16.0 Å². The third-order valence-corrected chi connectivity index (χ3v) is 10.2. The fourth-order valence-electron chi connectivity index (χ4n) is 5.62. The molecule has 0 saturated heterocycles. The molecule has 1 fully saturated rings. The van der Waals surface area contributed by atoms with Gasteiger partial charge in [0.25, 0.3) is 0 Å². The molecule has 1 N–H and O–H groups in total. The Morgan fingerprint density at radius 2 is 1.65 bits per heavy atom. The van der Waals surface area contributed by atoms with Gasteiger partial charge in [-0.05, 0) is 49.1 Å². The zero-order chi connectivity index (χ0) is 26.3. The highest BCUT2D eigenvalue weighted by atomic mass is 35.5. The minimum Gasteiger partial charge on any atom is -0.478 e. The second-order valence-corrected chi connectivity index (χ2v) is 12.5. The lowest BCUT2D eigenvalue weighted by atomic mass is 9.83. The summed E-state index contributed by atoms with van der Waals surface area (Å²) in [4.78, 5) is 13.8. The number of hydrogen-bond donors (Lipinski definition) is 1. The number of carboxylic acids is 1. The van der Waals surface area contributed by atoms with E-state index in [9.17, 15) is 18.3 Å². The van der Waals surface area contributed by atoms with Crippen molar-refractivity contribution >= 4 is 50.6 Å². The molecule has 1 aliphatic carbocycles. The van der Waals surface area contributed by atoms with Crippen LogP contribution in [0.25, 0.3) is 11.1 Å². The van der Waals surface area contributed by atoms with Crippen LogP contribution in [0.5, 0.6) is 0 Å². The van der Waals surface area contributed by atoms with Crippen molar-refractivity contribution in [2.75, 3.05) is 18.5 Å². The van der Waals surface area contributed by atoms with E-state index in [0.717, 1.165) is 31.4 Å². The highest BCUT2D eigenvalue weighted by Gasteiger charge is 2.41. The number of aromatic carboxylic acids is 1. The average molecular weight is 560 g/mol. The van der Waals surface area contributed by atoms with E-state index in [4.69, 9.17) is 23.2 Å². The molecule has 0 radical (unpaired) electrons. The second-order valence-electron chi connectivity index (χ2n) is 9.70. The normalized spacial score (nSPS) is 20.3. The number of para-hydroxylation sites is 1. The van der Waals surface area contributed by atoms with Crippen molar-refractivity contribution in [3.05, 3.63) is 76.3 Å². The number of anilines is 2. The van der Waals surface area contributed by atoms with Gasteiger partial charge in [-0.1, -0.05) is 72.8 Å². The van der Waals surface area contributed by atoms with E-state index in [2.05, 4.69) is 0 Å². The molecule has 2 aliphatic rings. The van der Waals surface area contributed by atoms with Crippen LogP contribution in [-0.2, 0) is 10.0 Å². The molecule has 194 valence electrons. The quantitative estimate of drug-likeness (QED) is 0.370. The van der Waals surface area contributed by atoms with Crippen LogP contribution >= 0.6 is 23.2 Å². The van der Waals surface area contributed by atoms with Gasteiger partial charge >= 0.3 is 5.97 Å². The van der Waals surface area contributed by atoms with Crippen molar-refractivity contribution in [2.24, 2.45) is 5.92 Å². The molecule has 3 aromatic rings. The standard InChI is InChI=1S/C28H28Cl2N2O4S/c1-31-25(18-9-4-2-5-10-18)17-32(19-11-6-3-7-12-19)24-16-23(29)22(15-26(24)37(31,35)36)20-13-8-14-21(27(20)30)28(33)34/h3,6-8,11-16,18,25H,2,4-5,9-10,17H2,1H3,(H,33,34)/t25-/m0/s1. The van der Waals surface area contributed by atoms with Crippen molar-refractivity contribution in [3.63, 3.8) is 0 Å². The molecule has 0 aromatic heterocycles. The van der Waals surface area contributed by atoms with Gasteiger partial charge in [-0.25, -0.2) is 13.2 Å². The molecule has 1 saturated carbocycles. The topological polar surface area (TPSA) is 77.9 Å². The van der Waals surface area contributed by atoms with Crippen LogP contribution in [0.3, 0.4) is 0 Å². The number of carbonyl (C=O) groups is 1. The van der Waals surface area contributed by atoms with E-state index >= 15 is 0 Å². The lowest BCUT2D eigenvalue weighted by Crippen LogP contribution is -2.46. The summed E-state index contributed by atoms with van der Waals surface area (Å²) in [6.07, 6.45) is 5.36. The maximum absolute atomic E-state index is 14.1. The average Bonchev–Trinajstić information content (AvgIpc) is 2.97. The van der Waals surface area contributed by atoms with E-state index in [-0.39, 0.29) is 32.5 Å². The van der Waals surface area contributed by atoms with Crippen molar-refractivity contribution < 1.29 is 18.3 Å². The molecule has 1 aliphatic heterocycles. The van der Waals surface area contributed by atoms with Crippen LogP contribution in [0.1, 0.15) is 42.5 Å². The highest BCUT2D eigenvalue weighted by molar-refractivity contribution is 7.89. The van der Waals surface area contributed by atoms with Gasteiger partial charge in [-0.2, -0.15) is 4.31 Å². The number of halogens is 2. The molecule has 0 amide bonds. The Balaban J connectivity index is 1.73. The van der Waals surface area contributed by atoms with Gasteiger partial charge < -0.3 is 10.0 Å². The van der Waals surface area contributed by atoms with Gasteiger partial charge in [0.1, 0.15) is 4.90 Å². The van der Waals surface area contributed by atoms with Crippen molar-refractivity contribution in [2.45, 2.75) is 43.0 Å². The first-order valence-corrected chi connectivity index (χ1v) is 14.6. The maximum Gasteiger partial charge on any atom is 0.337 e. The van der Waals surface area contributed by atoms with Gasteiger partial charge in [0, 0.05) is 36.4 Å². The van der Waals surface area contributed by atoms with Crippen molar-refractivity contribution in [1.82, 2.24) is 4.31 Å². The Morgan fingerprint density at radius 3 is 2.32 bits per heavy atom. The van der Waals surface area contributed by atoms with Gasteiger partial charge in [0.05, 0.1) is 21.3 Å². The molecule has 37 heavy (non-hydrogen) atoms. The summed E-state index contributed by atoms with van der Waals surface area (Å²) in [7, 11) is -2.24. The summed E-state index contributed by atoms with van der Waals surface area (Å²) < 4.78 is 29.8. The van der Waals surface area contributed by atoms with Crippen molar-refractivity contribution in [1.29, 1.82) is 0 Å². The van der Waals surface area contributed by atoms with Gasteiger partial charge in [0.2, 0.25) is 10.0 Å². The lowest BCUT2D eigenvalue weighted by Gasteiger charge is -2.36. The number of hydrogen-bond acceptors (Lipinski definition) is 4. The van der Waals surface area contributed by atoms with Crippen molar-refractivity contribution in [3.8, 4) is 11.1 Å². The summed E-state index contributed by atoms with van der Waals surface area (Å²) in [6, 6.07) is 17.3. The van der Waals surface area contributed by atoms with Crippen LogP contribution in [0.15, 0.2) is 65.6 Å². The van der Waals surface area contributed by atoms with Crippen LogP contribution in [0, 0.1) is 5.92 Å². The first-order valence-electron chi connectivity index (χ1n) is 12.4. The van der Waals surface area contributed by atoms with Gasteiger partial charge in [-0.15, -0.1) is 0 Å². The fourth-order valence-corrected chi connectivity index (χ4v) is 7.80.